The Kier molecular flexibility index (Phi) is 4.77. The molecule has 138 valence electrons. The molecular formula is C16H18N4O5S. The van der Waals surface area contributed by atoms with Gasteiger partial charge in [0.15, 0.2) is 6.10 Å². The molecule has 0 radical (unpaired) electrons. The van der Waals surface area contributed by atoms with Crippen LogP contribution in [-0.4, -0.2) is 40.6 Å². The molecule has 9 nitrogen and oxygen atoms in total. The lowest BCUT2D eigenvalue weighted by molar-refractivity contribution is -0.127. The molecule has 0 aromatic carbocycles. The number of carbonyl (C=O) groups excluding carboxylic acids is 3. The molecule has 1 aliphatic rings. The summed E-state index contributed by atoms with van der Waals surface area (Å²) >= 11 is 1.07. The minimum Gasteiger partial charge on any atom is -0.448 e. The monoisotopic (exact) mass is 378 g/mol. The molecule has 0 unspecified atom stereocenters. The molecule has 1 atom stereocenters. The lowest BCUT2D eigenvalue weighted by Crippen LogP contribution is -2.43. The average Bonchev–Trinajstić information content (AvgIpc) is 3.19. The molecule has 0 bridgehead atoms. The maximum atomic E-state index is 12.6. The van der Waals surface area contributed by atoms with Gasteiger partial charge in [0.25, 0.3) is 11.5 Å². The summed E-state index contributed by atoms with van der Waals surface area (Å²) in [6.07, 6.45) is 0.452. The topological polar surface area (TPSA) is 119 Å². The van der Waals surface area contributed by atoms with Crippen LogP contribution in [0.25, 0.3) is 10.2 Å². The van der Waals surface area contributed by atoms with Crippen molar-refractivity contribution < 1.29 is 19.1 Å². The number of rotatable bonds is 3. The molecule has 2 aromatic heterocycles. The van der Waals surface area contributed by atoms with Crippen molar-refractivity contribution in [2.24, 2.45) is 0 Å². The predicted molar refractivity (Wildman–Crippen MR) is 94.4 cm³/mol. The number of nitrogens with one attached hydrogen (secondary N) is 2. The third-order valence-corrected chi connectivity index (χ3v) is 5.38. The highest BCUT2D eigenvalue weighted by Crippen LogP contribution is 2.29. The summed E-state index contributed by atoms with van der Waals surface area (Å²) in [5.41, 5.74) is 0.342. The van der Waals surface area contributed by atoms with E-state index in [-0.39, 0.29) is 10.4 Å². The Labute approximate surface area is 152 Å². The Hall–Kier alpha value is -2.75. The lowest BCUT2D eigenvalue weighted by Gasteiger charge is -2.12. The van der Waals surface area contributed by atoms with Crippen molar-refractivity contribution in [3.05, 3.63) is 26.6 Å². The highest BCUT2D eigenvalue weighted by Gasteiger charge is 2.26. The molecular weight excluding hydrogens is 360 g/mol. The van der Waals surface area contributed by atoms with Crippen LogP contribution >= 0.6 is 11.3 Å². The Morgan fingerprint density at radius 2 is 2.08 bits per heavy atom. The number of esters is 1. The maximum absolute atomic E-state index is 12.6. The molecule has 0 saturated heterocycles. The Morgan fingerprint density at radius 1 is 1.35 bits per heavy atom. The first-order valence-corrected chi connectivity index (χ1v) is 8.91. The number of hydrogen-bond donors (Lipinski definition) is 2. The van der Waals surface area contributed by atoms with Crippen LogP contribution in [0.5, 0.6) is 0 Å². The van der Waals surface area contributed by atoms with Gasteiger partial charge in [-0.3, -0.25) is 19.5 Å². The Morgan fingerprint density at radius 3 is 2.77 bits per heavy atom. The number of thiophene rings is 1. The van der Waals surface area contributed by atoms with Crippen LogP contribution in [-0.2, 0) is 22.5 Å². The van der Waals surface area contributed by atoms with E-state index in [2.05, 4.69) is 10.3 Å². The summed E-state index contributed by atoms with van der Waals surface area (Å²) in [4.78, 5) is 53.3. The van der Waals surface area contributed by atoms with E-state index >= 15 is 0 Å². The van der Waals surface area contributed by atoms with Gasteiger partial charge in [0.05, 0.1) is 5.39 Å². The fourth-order valence-corrected chi connectivity index (χ4v) is 3.89. The first-order valence-electron chi connectivity index (χ1n) is 8.09. The lowest BCUT2D eigenvalue weighted by atomic mass is 10.2. The van der Waals surface area contributed by atoms with Crippen LogP contribution in [0, 0.1) is 6.92 Å². The molecule has 3 rings (SSSR count). The van der Waals surface area contributed by atoms with E-state index in [1.807, 2.05) is 5.32 Å². The number of fused-ring (bicyclic) bond motifs is 2. The van der Waals surface area contributed by atoms with E-state index in [4.69, 9.17) is 4.74 Å². The fourth-order valence-electron chi connectivity index (χ4n) is 2.81. The summed E-state index contributed by atoms with van der Waals surface area (Å²) in [6, 6.07) is -0.692. The van der Waals surface area contributed by atoms with Crippen LogP contribution < -0.4 is 16.2 Å². The maximum Gasteiger partial charge on any atom is 0.349 e. The second-order valence-corrected chi connectivity index (χ2v) is 6.94. The predicted octanol–water partition coefficient (Wildman–Crippen LogP) is 0.714. The van der Waals surface area contributed by atoms with Crippen molar-refractivity contribution >= 4 is 39.5 Å². The summed E-state index contributed by atoms with van der Waals surface area (Å²) in [6.45, 7) is 3.65. The number of aromatic nitrogens is 2. The van der Waals surface area contributed by atoms with E-state index in [0.717, 1.165) is 30.0 Å². The fraction of sp³-hybridized carbons (Fsp3) is 0.438. The van der Waals surface area contributed by atoms with Gasteiger partial charge in [-0.2, -0.15) is 0 Å². The van der Waals surface area contributed by atoms with Crippen LogP contribution in [0.15, 0.2) is 4.79 Å². The van der Waals surface area contributed by atoms with Gasteiger partial charge < -0.3 is 10.1 Å². The Bertz CT molecular complexity index is 977. The molecule has 0 saturated carbocycles. The zero-order valence-corrected chi connectivity index (χ0v) is 15.4. The number of imide groups is 1. The zero-order chi connectivity index (χ0) is 19.0. The first kappa shape index (κ1) is 18.1. The normalized spacial score (nSPS) is 14.0. The van der Waals surface area contributed by atoms with Crippen molar-refractivity contribution in [2.75, 3.05) is 7.05 Å². The number of aryl methyl sites for hydroxylation is 2. The summed E-state index contributed by atoms with van der Waals surface area (Å²) in [7, 11) is 1.36. The molecule has 2 N–H and O–H groups in total. The van der Waals surface area contributed by atoms with Crippen molar-refractivity contribution in [1.82, 2.24) is 20.2 Å². The largest absolute Gasteiger partial charge is 0.448 e. The second kappa shape index (κ2) is 6.87. The van der Waals surface area contributed by atoms with Gasteiger partial charge in [0.1, 0.15) is 15.5 Å². The molecule has 3 heterocycles. The van der Waals surface area contributed by atoms with E-state index in [1.165, 1.54) is 14.0 Å². The molecule has 2 aromatic rings. The van der Waals surface area contributed by atoms with Crippen molar-refractivity contribution in [1.29, 1.82) is 0 Å². The smallest absolute Gasteiger partial charge is 0.349 e. The summed E-state index contributed by atoms with van der Waals surface area (Å²) < 4.78 is 6.77. The third-order valence-electron chi connectivity index (χ3n) is 4.21. The number of ether oxygens (including phenoxy) is 1. The van der Waals surface area contributed by atoms with Crippen LogP contribution in [0.2, 0.25) is 0 Å². The van der Waals surface area contributed by atoms with Gasteiger partial charge in [-0.05, 0) is 25.8 Å². The average molecular weight is 378 g/mol. The van der Waals surface area contributed by atoms with Gasteiger partial charge in [0.2, 0.25) is 0 Å². The van der Waals surface area contributed by atoms with Crippen LogP contribution in [0.4, 0.5) is 4.79 Å². The highest BCUT2D eigenvalue weighted by molar-refractivity contribution is 7.20. The van der Waals surface area contributed by atoms with Gasteiger partial charge >= 0.3 is 12.0 Å². The molecule has 1 aliphatic heterocycles. The Balaban J connectivity index is 1.86. The number of urea groups is 1. The molecule has 0 fully saturated rings. The third kappa shape index (κ3) is 3.07. The summed E-state index contributed by atoms with van der Waals surface area (Å²) in [5.74, 6) is -0.745. The molecule has 3 amide bonds. The highest BCUT2D eigenvalue weighted by atomic mass is 32.1. The van der Waals surface area contributed by atoms with Gasteiger partial charge in [0, 0.05) is 20.0 Å². The number of carbonyl (C=O) groups is 3. The molecule has 0 spiro atoms. The molecule has 26 heavy (non-hydrogen) atoms. The van der Waals surface area contributed by atoms with Crippen molar-refractivity contribution in [3.8, 4) is 0 Å². The number of nitrogens with zero attached hydrogens (tertiary/aromatic N) is 2. The molecule has 10 heteroatoms. The number of hydrogen-bond acceptors (Lipinski definition) is 7. The second-order valence-electron chi connectivity index (χ2n) is 5.94. The van der Waals surface area contributed by atoms with Crippen LogP contribution in [0.1, 0.15) is 34.4 Å². The standard InChI is InChI=1S/C16H18N4O5S/c1-7-10-13(18-9-5-4-6-20(9)14(10)22)26-11(7)15(23)25-8(2)12(21)19-16(24)17-3/h8H,4-6H2,1-3H3,(H2,17,19,21,24)/t8-/m1/s1. The SMILES string of the molecule is CNC(=O)NC(=O)[C@@H](C)OC(=O)c1sc2nc3n(c(=O)c2c1C)CCC3. The minimum absolute atomic E-state index is 0.152. The van der Waals surface area contributed by atoms with E-state index < -0.39 is 24.0 Å². The zero-order valence-electron chi connectivity index (χ0n) is 14.5. The summed E-state index contributed by atoms with van der Waals surface area (Å²) in [5, 5.41) is 4.69. The van der Waals surface area contributed by atoms with Gasteiger partial charge in [-0.1, -0.05) is 0 Å². The van der Waals surface area contributed by atoms with E-state index in [1.54, 1.807) is 11.5 Å². The van der Waals surface area contributed by atoms with Crippen molar-refractivity contribution in [3.63, 3.8) is 0 Å². The minimum atomic E-state index is -1.16. The van der Waals surface area contributed by atoms with Crippen LogP contribution in [0.3, 0.4) is 0 Å². The first-order chi connectivity index (χ1) is 12.3. The number of amides is 3. The molecule has 0 aliphatic carbocycles. The van der Waals surface area contributed by atoms with Crippen molar-refractivity contribution in [2.45, 2.75) is 39.3 Å². The quantitative estimate of drug-likeness (QED) is 0.760. The van der Waals surface area contributed by atoms with Gasteiger partial charge in [-0.25, -0.2) is 14.6 Å². The van der Waals surface area contributed by atoms with Gasteiger partial charge in [-0.15, -0.1) is 11.3 Å². The van der Waals surface area contributed by atoms with E-state index in [9.17, 15) is 19.2 Å². The van der Waals surface area contributed by atoms with E-state index in [0.29, 0.717) is 22.3 Å².